The Balaban J connectivity index is 1.48. The minimum Gasteiger partial charge on any atom is -0.462 e. The van der Waals surface area contributed by atoms with E-state index < -0.39 is 41.8 Å². The highest BCUT2D eigenvalue weighted by molar-refractivity contribution is 7.21. The third kappa shape index (κ3) is 4.31. The number of esters is 2. The zero-order valence-electron chi connectivity index (χ0n) is 18.4. The number of hydrogen-bond acceptors (Lipinski definition) is 7. The third-order valence-corrected chi connectivity index (χ3v) is 7.44. The smallest absolute Gasteiger partial charge is 0.348 e. The average Bonchev–Trinajstić information content (AvgIpc) is 3.27. The third-order valence-electron chi connectivity index (χ3n) is 6.26. The molecule has 1 saturated heterocycles. The molecule has 176 valence electrons. The molecule has 8 nitrogen and oxygen atoms in total. The van der Waals surface area contributed by atoms with Gasteiger partial charge >= 0.3 is 18.0 Å². The van der Waals surface area contributed by atoms with Gasteiger partial charge in [-0.1, -0.05) is 13.0 Å². The number of ether oxygens (including phenoxy) is 2. The van der Waals surface area contributed by atoms with E-state index in [1.165, 1.54) is 12.1 Å². The predicted octanol–water partition coefficient (Wildman–Crippen LogP) is 3.76. The van der Waals surface area contributed by atoms with Gasteiger partial charge < -0.3 is 14.8 Å². The first-order chi connectivity index (χ1) is 15.8. The normalized spacial score (nSPS) is 22.6. The molecule has 2 heterocycles. The van der Waals surface area contributed by atoms with Crippen LogP contribution in [0.15, 0.2) is 18.2 Å². The molecule has 0 atom stereocenters. The number of benzene rings is 1. The lowest BCUT2D eigenvalue weighted by molar-refractivity contribution is -0.149. The molecule has 10 heteroatoms. The van der Waals surface area contributed by atoms with Crippen molar-refractivity contribution in [2.75, 3.05) is 13.2 Å². The first-order valence-electron chi connectivity index (χ1n) is 10.9. The summed E-state index contributed by atoms with van der Waals surface area (Å²) in [5.74, 6) is -1.95. The van der Waals surface area contributed by atoms with Gasteiger partial charge in [0.1, 0.15) is 29.4 Å². The topological polar surface area (TPSA) is 102 Å². The van der Waals surface area contributed by atoms with Crippen LogP contribution < -0.4 is 5.32 Å². The maximum Gasteiger partial charge on any atom is 0.348 e. The molecule has 1 aliphatic carbocycles. The van der Waals surface area contributed by atoms with E-state index in [1.54, 1.807) is 13.0 Å². The van der Waals surface area contributed by atoms with Gasteiger partial charge in [0, 0.05) is 15.6 Å². The molecule has 1 aliphatic heterocycles. The molecule has 1 spiro atoms. The summed E-state index contributed by atoms with van der Waals surface area (Å²) in [5, 5.41) is 2.94. The van der Waals surface area contributed by atoms with Crippen LogP contribution in [0.5, 0.6) is 0 Å². The second-order valence-corrected chi connectivity index (χ2v) is 9.54. The number of amides is 3. The van der Waals surface area contributed by atoms with Crippen molar-refractivity contribution in [3.63, 3.8) is 0 Å². The molecule has 3 amide bonds. The summed E-state index contributed by atoms with van der Waals surface area (Å²) in [4.78, 5) is 51.3. The van der Waals surface area contributed by atoms with Crippen molar-refractivity contribution in [2.45, 2.75) is 51.7 Å². The second-order valence-electron chi connectivity index (χ2n) is 8.49. The zero-order valence-corrected chi connectivity index (χ0v) is 19.3. The molecule has 0 bridgehead atoms. The van der Waals surface area contributed by atoms with Crippen molar-refractivity contribution >= 4 is 45.3 Å². The molecule has 2 aromatic rings. The second kappa shape index (κ2) is 9.09. The summed E-state index contributed by atoms with van der Waals surface area (Å²) < 4.78 is 25.4. The fourth-order valence-corrected chi connectivity index (χ4v) is 5.52. The monoisotopic (exact) mass is 476 g/mol. The number of hydrogen-bond donors (Lipinski definition) is 1. The Morgan fingerprint density at radius 1 is 1.24 bits per heavy atom. The average molecular weight is 477 g/mol. The number of carbonyl (C=O) groups excluding carboxylic acids is 4. The van der Waals surface area contributed by atoms with Crippen molar-refractivity contribution in [1.82, 2.24) is 10.2 Å². The van der Waals surface area contributed by atoms with E-state index in [1.807, 2.05) is 0 Å². The Morgan fingerprint density at radius 3 is 2.67 bits per heavy atom. The minimum atomic E-state index is -0.951. The quantitative estimate of drug-likeness (QED) is 0.503. The van der Waals surface area contributed by atoms with Gasteiger partial charge in [0.25, 0.3) is 5.91 Å². The van der Waals surface area contributed by atoms with Gasteiger partial charge in [-0.3, -0.25) is 14.5 Å². The molecule has 33 heavy (non-hydrogen) atoms. The Kier molecular flexibility index (Phi) is 6.38. The number of rotatable bonds is 6. The summed E-state index contributed by atoms with van der Waals surface area (Å²) >= 11 is 1.05. The van der Waals surface area contributed by atoms with Crippen LogP contribution in [0.3, 0.4) is 0 Å². The summed E-state index contributed by atoms with van der Waals surface area (Å²) in [5.41, 5.74) is -0.747. The minimum absolute atomic E-state index is 0.140. The van der Waals surface area contributed by atoms with Crippen molar-refractivity contribution in [1.29, 1.82) is 0 Å². The largest absolute Gasteiger partial charge is 0.462 e. The zero-order chi connectivity index (χ0) is 23.8. The van der Waals surface area contributed by atoms with E-state index in [4.69, 9.17) is 9.47 Å². The molecule has 1 aromatic heterocycles. The van der Waals surface area contributed by atoms with Crippen molar-refractivity contribution in [3.05, 3.63) is 34.5 Å². The summed E-state index contributed by atoms with van der Waals surface area (Å²) in [6, 6.07) is 3.82. The highest BCUT2D eigenvalue weighted by Crippen LogP contribution is 2.37. The highest BCUT2D eigenvalue weighted by Gasteiger charge is 2.52. The number of carbonyl (C=O) groups is 4. The molecular formula is C23H25FN2O6S. The van der Waals surface area contributed by atoms with Crippen LogP contribution in [0.4, 0.5) is 9.18 Å². The SMILES string of the molecule is CCOC(=O)c1sc2cccc(F)c2c1COC(=O)CN1C(=O)NC2(CCC(C)CC2)C1=O. The van der Waals surface area contributed by atoms with Crippen LogP contribution in [0.1, 0.15) is 54.8 Å². The maximum atomic E-state index is 14.5. The van der Waals surface area contributed by atoms with Gasteiger partial charge in [-0.15, -0.1) is 11.3 Å². The number of urea groups is 1. The summed E-state index contributed by atoms with van der Waals surface area (Å²) in [7, 11) is 0. The van der Waals surface area contributed by atoms with Crippen LogP contribution in [0.2, 0.25) is 0 Å². The molecular weight excluding hydrogens is 451 g/mol. The fraction of sp³-hybridized carbons (Fsp3) is 0.478. The number of thiophene rings is 1. The van der Waals surface area contributed by atoms with Crippen molar-refractivity contribution < 1.29 is 33.0 Å². The van der Waals surface area contributed by atoms with Crippen LogP contribution in [0.25, 0.3) is 10.1 Å². The fourth-order valence-electron chi connectivity index (χ4n) is 4.41. The van der Waals surface area contributed by atoms with Gasteiger partial charge in [-0.2, -0.15) is 0 Å². The Bertz CT molecular complexity index is 1120. The summed E-state index contributed by atoms with van der Waals surface area (Å²) in [6.45, 7) is 2.96. The number of nitrogens with zero attached hydrogens (tertiary/aromatic N) is 1. The molecule has 0 radical (unpaired) electrons. The van der Waals surface area contributed by atoms with E-state index in [9.17, 15) is 23.6 Å². The molecule has 1 N–H and O–H groups in total. The number of fused-ring (bicyclic) bond motifs is 1. The van der Waals surface area contributed by atoms with Gasteiger partial charge in [0.05, 0.1) is 6.61 Å². The number of imide groups is 1. The molecule has 2 aliphatic rings. The van der Waals surface area contributed by atoms with E-state index in [0.717, 1.165) is 29.1 Å². The van der Waals surface area contributed by atoms with Gasteiger partial charge in [-0.25, -0.2) is 14.0 Å². The van der Waals surface area contributed by atoms with Crippen LogP contribution >= 0.6 is 11.3 Å². The van der Waals surface area contributed by atoms with Crippen molar-refractivity contribution in [2.24, 2.45) is 5.92 Å². The molecule has 0 unspecified atom stereocenters. The molecule has 1 aromatic carbocycles. The predicted molar refractivity (Wildman–Crippen MR) is 118 cm³/mol. The van der Waals surface area contributed by atoms with Crippen molar-refractivity contribution in [3.8, 4) is 0 Å². The molecule has 1 saturated carbocycles. The van der Waals surface area contributed by atoms with Gasteiger partial charge in [-0.05, 0) is 50.7 Å². The summed E-state index contributed by atoms with van der Waals surface area (Å²) in [6.07, 6.45) is 2.70. The number of halogens is 1. The lowest BCUT2D eigenvalue weighted by atomic mass is 9.77. The Hall–Kier alpha value is -3.01. The van der Waals surface area contributed by atoms with E-state index in [2.05, 4.69) is 12.2 Å². The van der Waals surface area contributed by atoms with Crippen LogP contribution in [0, 0.1) is 11.7 Å². The van der Waals surface area contributed by atoms with Crippen LogP contribution in [-0.2, 0) is 25.7 Å². The van der Waals surface area contributed by atoms with E-state index in [0.29, 0.717) is 23.5 Å². The Labute approximate surface area is 194 Å². The van der Waals surface area contributed by atoms with Gasteiger partial charge in [0.15, 0.2) is 0 Å². The van der Waals surface area contributed by atoms with Crippen LogP contribution in [-0.4, -0.2) is 47.5 Å². The highest BCUT2D eigenvalue weighted by atomic mass is 32.1. The molecule has 2 fully saturated rings. The number of nitrogens with one attached hydrogen (secondary N) is 1. The maximum absolute atomic E-state index is 14.5. The first kappa shape index (κ1) is 23.2. The first-order valence-corrected chi connectivity index (χ1v) is 11.7. The lowest BCUT2D eigenvalue weighted by Gasteiger charge is -2.33. The van der Waals surface area contributed by atoms with E-state index in [-0.39, 0.29) is 29.0 Å². The molecule has 4 rings (SSSR count). The standard InChI is InChI=1S/C23H25FN2O6S/c1-3-31-20(28)19-14(18-15(24)5-4-6-16(18)33-19)12-32-17(27)11-26-21(29)23(25-22(26)30)9-7-13(2)8-10-23/h4-6,13H,3,7-12H2,1-2H3,(H,25,30). The lowest BCUT2D eigenvalue weighted by Crippen LogP contribution is -2.49. The van der Waals surface area contributed by atoms with E-state index >= 15 is 0 Å². The van der Waals surface area contributed by atoms with Gasteiger partial charge in [0.2, 0.25) is 0 Å². The Morgan fingerprint density at radius 2 is 1.97 bits per heavy atom.